The van der Waals surface area contributed by atoms with Crippen molar-refractivity contribution in [1.29, 1.82) is 0 Å². The molecule has 0 radical (unpaired) electrons. The minimum atomic E-state index is -0.467. The monoisotopic (exact) mass is 405 g/mol. The van der Waals surface area contributed by atoms with Gasteiger partial charge < -0.3 is 10.3 Å². The van der Waals surface area contributed by atoms with E-state index in [2.05, 4.69) is 15.3 Å². The topological polar surface area (TPSA) is 74.8 Å². The molecule has 27 heavy (non-hydrogen) atoms. The lowest BCUT2D eigenvalue weighted by Gasteiger charge is -2.12. The van der Waals surface area contributed by atoms with Crippen LogP contribution in [0, 0.1) is 26.6 Å². The lowest BCUT2D eigenvalue weighted by Crippen LogP contribution is -2.23. The van der Waals surface area contributed by atoms with Crippen LogP contribution in [0.5, 0.6) is 0 Å². The maximum atomic E-state index is 13.8. The molecule has 2 heterocycles. The molecule has 0 unspecified atom stereocenters. The van der Waals surface area contributed by atoms with E-state index in [9.17, 15) is 14.0 Å². The first kappa shape index (κ1) is 19.6. The third-order valence-electron chi connectivity index (χ3n) is 4.31. The fourth-order valence-corrected chi connectivity index (χ4v) is 4.42. The molecule has 3 aromatic rings. The quantitative estimate of drug-likeness (QED) is 0.663. The van der Waals surface area contributed by atoms with E-state index in [-0.39, 0.29) is 17.2 Å². The zero-order valence-corrected chi connectivity index (χ0v) is 17.1. The zero-order valence-electron chi connectivity index (χ0n) is 15.5. The summed E-state index contributed by atoms with van der Waals surface area (Å²) in [5, 5.41) is 2.81. The second-order valence-corrected chi connectivity index (χ2v) is 8.93. The molecule has 0 spiro atoms. The summed E-state index contributed by atoms with van der Waals surface area (Å²) in [5.41, 5.74) is 1.83. The van der Waals surface area contributed by atoms with Crippen molar-refractivity contribution in [3.05, 3.63) is 56.2 Å². The van der Waals surface area contributed by atoms with Crippen molar-refractivity contribution in [2.24, 2.45) is 0 Å². The molecule has 1 amide bonds. The number of aromatic nitrogens is 2. The number of H-pyrrole nitrogens is 1. The number of aryl methyl sites for hydroxylation is 3. The van der Waals surface area contributed by atoms with E-state index in [1.165, 1.54) is 29.2 Å². The van der Waals surface area contributed by atoms with Crippen molar-refractivity contribution in [3.8, 4) is 0 Å². The van der Waals surface area contributed by atoms with Crippen molar-refractivity contribution in [1.82, 2.24) is 9.97 Å². The molecule has 2 N–H and O–H groups in total. The summed E-state index contributed by atoms with van der Waals surface area (Å²) in [7, 11) is 0. The van der Waals surface area contributed by atoms with Crippen molar-refractivity contribution < 1.29 is 9.18 Å². The highest BCUT2D eigenvalue weighted by Crippen LogP contribution is 2.26. The molecule has 0 fully saturated rings. The van der Waals surface area contributed by atoms with Gasteiger partial charge in [0.2, 0.25) is 5.91 Å². The largest absolute Gasteiger partial charge is 0.323 e. The number of rotatable bonds is 5. The Balaban J connectivity index is 1.69. The van der Waals surface area contributed by atoms with Gasteiger partial charge in [-0.05, 0) is 51.0 Å². The smallest absolute Gasteiger partial charge is 0.259 e. The van der Waals surface area contributed by atoms with Gasteiger partial charge in [-0.15, -0.1) is 23.1 Å². The van der Waals surface area contributed by atoms with Crippen LogP contribution in [0.1, 0.15) is 28.8 Å². The summed E-state index contributed by atoms with van der Waals surface area (Å²) >= 11 is 2.82. The average molecular weight is 406 g/mol. The summed E-state index contributed by atoms with van der Waals surface area (Å²) in [6.45, 7) is 7.45. The number of thioether (sulfide) groups is 1. The second kappa shape index (κ2) is 7.82. The van der Waals surface area contributed by atoms with E-state index in [0.29, 0.717) is 21.8 Å². The number of amides is 1. The Morgan fingerprint density at radius 3 is 2.85 bits per heavy atom. The summed E-state index contributed by atoms with van der Waals surface area (Å²) < 4.78 is 13.8. The number of thiophene rings is 1. The van der Waals surface area contributed by atoms with Crippen LogP contribution in [0.4, 0.5) is 10.1 Å². The van der Waals surface area contributed by atoms with E-state index in [1.807, 2.05) is 20.8 Å². The van der Waals surface area contributed by atoms with Crippen molar-refractivity contribution in [2.75, 3.05) is 5.32 Å². The van der Waals surface area contributed by atoms with Gasteiger partial charge in [-0.3, -0.25) is 9.59 Å². The number of hydrogen-bond acceptors (Lipinski definition) is 5. The molecule has 142 valence electrons. The third kappa shape index (κ3) is 4.22. The predicted molar refractivity (Wildman–Crippen MR) is 110 cm³/mol. The van der Waals surface area contributed by atoms with Gasteiger partial charge in [0.1, 0.15) is 16.5 Å². The molecule has 3 rings (SSSR count). The number of fused-ring (bicyclic) bond motifs is 1. The van der Waals surface area contributed by atoms with Crippen LogP contribution in [0.2, 0.25) is 0 Å². The fourth-order valence-electron chi connectivity index (χ4n) is 2.62. The van der Waals surface area contributed by atoms with Gasteiger partial charge in [0.25, 0.3) is 5.56 Å². The van der Waals surface area contributed by atoms with Gasteiger partial charge in [-0.1, -0.05) is 6.07 Å². The Bertz CT molecular complexity index is 1070. The molecule has 0 bridgehead atoms. The van der Waals surface area contributed by atoms with Gasteiger partial charge >= 0.3 is 0 Å². The van der Waals surface area contributed by atoms with Crippen LogP contribution in [-0.4, -0.2) is 21.1 Å². The Morgan fingerprint density at radius 1 is 1.37 bits per heavy atom. The van der Waals surface area contributed by atoms with E-state index in [0.717, 1.165) is 16.0 Å². The van der Waals surface area contributed by atoms with E-state index >= 15 is 0 Å². The Labute approximate surface area is 164 Å². The van der Waals surface area contributed by atoms with Crippen LogP contribution in [0.15, 0.2) is 23.0 Å². The molecule has 5 nitrogen and oxygen atoms in total. The summed E-state index contributed by atoms with van der Waals surface area (Å²) in [6.07, 6.45) is 0. The van der Waals surface area contributed by atoms with Gasteiger partial charge in [-0.2, -0.15) is 0 Å². The van der Waals surface area contributed by atoms with Gasteiger partial charge in [0.05, 0.1) is 22.1 Å². The molecule has 1 aromatic carbocycles. The molecule has 0 aliphatic carbocycles. The number of benzene rings is 1. The Kier molecular flexibility index (Phi) is 5.67. The van der Waals surface area contributed by atoms with E-state index in [1.54, 1.807) is 19.1 Å². The van der Waals surface area contributed by atoms with Crippen LogP contribution in [0.25, 0.3) is 10.2 Å². The number of carbonyl (C=O) groups is 1. The zero-order chi connectivity index (χ0) is 19.7. The number of nitrogens with zero attached hydrogens (tertiary/aromatic N) is 1. The standard InChI is InChI=1S/C19H20FN3O2S2/c1-9-5-6-13(20)14(7-9)21-17(24)12(4)26-8-15-22-18(25)16-10(2)11(3)27-19(16)23-15/h5-7,12H,8H2,1-4H3,(H,21,24)(H,22,23,25)/t12-/m1/s1. The predicted octanol–water partition coefficient (Wildman–Crippen LogP) is 4.31. The highest BCUT2D eigenvalue weighted by molar-refractivity contribution is 7.99. The average Bonchev–Trinajstić information content (AvgIpc) is 2.90. The molecule has 1 atom stereocenters. The number of anilines is 1. The molecule has 0 saturated carbocycles. The molecule has 8 heteroatoms. The van der Waals surface area contributed by atoms with Crippen LogP contribution in [0.3, 0.4) is 0 Å². The molecular formula is C19H20FN3O2S2. The lowest BCUT2D eigenvalue weighted by molar-refractivity contribution is -0.115. The van der Waals surface area contributed by atoms with Crippen LogP contribution < -0.4 is 10.9 Å². The highest BCUT2D eigenvalue weighted by atomic mass is 32.2. The minimum absolute atomic E-state index is 0.156. The molecule has 0 aliphatic rings. The van der Waals surface area contributed by atoms with E-state index in [4.69, 9.17) is 0 Å². The van der Waals surface area contributed by atoms with Crippen molar-refractivity contribution >= 4 is 44.9 Å². The van der Waals surface area contributed by atoms with Crippen molar-refractivity contribution in [2.45, 2.75) is 38.7 Å². The number of aromatic amines is 1. The van der Waals surface area contributed by atoms with Crippen LogP contribution >= 0.6 is 23.1 Å². The van der Waals surface area contributed by atoms with Crippen molar-refractivity contribution in [3.63, 3.8) is 0 Å². The maximum Gasteiger partial charge on any atom is 0.259 e. The van der Waals surface area contributed by atoms with Gasteiger partial charge in [-0.25, -0.2) is 9.37 Å². The number of nitrogens with one attached hydrogen (secondary N) is 2. The minimum Gasteiger partial charge on any atom is -0.323 e. The molecule has 0 saturated heterocycles. The molecule has 2 aromatic heterocycles. The SMILES string of the molecule is Cc1ccc(F)c(NC(=O)[C@@H](C)SCc2nc3sc(C)c(C)c3c(=O)[nH]2)c1. The second-order valence-electron chi connectivity index (χ2n) is 6.40. The van der Waals surface area contributed by atoms with Crippen LogP contribution in [-0.2, 0) is 10.5 Å². The highest BCUT2D eigenvalue weighted by Gasteiger charge is 2.17. The van der Waals surface area contributed by atoms with Gasteiger partial charge in [0.15, 0.2) is 0 Å². The Hall–Kier alpha value is -2.19. The van der Waals surface area contributed by atoms with Gasteiger partial charge in [0, 0.05) is 4.88 Å². The molecule has 0 aliphatic heterocycles. The first-order valence-electron chi connectivity index (χ1n) is 8.43. The summed E-state index contributed by atoms with van der Waals surface area (Å²) in [4.78, 5) is 33.7. The van der Waals surface area contributed by atoms with E-state index < -0.39 is 11.1 Å². The molecular weight excluding hydrogens is 385 g/mol. The number of carbonyl (C=O) groups excluding carboxylic acids is 1. The summed E-state index contributed by atoms with van der Waals surface area (Å²) in [6, 6.07) is 4.58. The number of halogens is 1. The maximum absolute atomic E-state index is 13.8. The summed E-state index contributed by atoms with van der Waals surface area (Å²) in [5.74, 6) is 0.147. The Morgan fingerprint density at radius 2 is 2.11 bits per heavy atom. The lowest BCUT2D eigenvalue weighted by atomic mass is 10.2. The third-order valence-corrected chi connectivity index (χ3v) is 6.56. The first-order valence-corrected chi connectivity index (χ1v) is 10.3. The fraction of sp³-hybridized carbons (Fsp3) is 0.316. The first-order chi connectivity index (χ1) is 12.8. The number of hydrogen-bond donors (Lipinski definition) is 2. The normalized spacial score (nSPS) is 12.3.